The van der Waals surface area contributed by atoms with E-state index in [0.717, 1.165) is 101 Å². The van der Waals surface area contributed by atoms with Crippen molar-refractivity contribution in [3.63, 3.8) is 0 Å². The summed E-state index contributed by atoms with van der Waals surface area (Å²) in [5, 5.41) is 56.1. The van der Waals surface area contributed by atoms with Gasteiger partial charge in [-0.15, -0.1) is 10.2 Å². The van der Waals surface area contributed by atoms with Crippen LogP contribution in [0, 0.1) is 74.8 Å². The van der Waals surface area contributed by atoms with Gasteiger partial charge in [0.05, 0.1) is 65.1 Å². The van der Waals surface area contributed by atoms with Gasteiger partial charge < -0.3 is 58.8 Å². The van der Waals surface area contributed by atoms with Crippen molar-refractivity contribution in [3.05, 3.63) is 264 Å². The number of anilines is 3. The highest BCUT2D eigenvalue weighted by Crippen LogP contribution is 2.51. The number of phenols is 1. The van der Waals surface area contributed by atoms with Gasteiger partial charge in [-0.25, -0.2) is 9.36 Å². The largest absolute Gasteiger partial charge is 0.508 e. The number of phenolic OH excluding ortho intramolecular Hbond substituents is 1. The number of hydrogen-bond acceptors (Lipinski definition) is 17. The quantitative estimate of drug-likeness (QED) is 0.0181. The maximum atomic E-state index is 13.6. The van der Waals surface area contributed by atoms with Gasteiger partial charge in [-0.2, -0.15) is 0 Å². The van der Waals surface area contributed by atoms with Gasteiger partial charge in [0, 0.05) is 41.6 Å². The number of benzene rings is 8. The standard InChI is InChI=1S/C29H30N4O4.C26H26N4O3.C22H24N4O4.C2H2O.H2/c1-18-10-11-22(13-25(18)37-17-21-8-6-5-7-9-21)27-28(32-15-23(16-34)30-31-32)29(35)33(27)24-12-19(2)20(3)26(14-24)36-4;1-16-10-11-20(13-22(16)33-15-19-8-6-5-7-9-19)25-24(28-29-27)26(31)30(25)21-12-17(2)18(3)23(14-21)32-4;1-12-5-6-15(8-18(12)28)20-21(25-10-16(11-27)23-24-25)22(29)26(20)17-7-13(2)14(3)19(9-17)30-4;1-2-3;/h5-15,27-28,34H,16-17H2,1-4H3;5-14,24-25H,15H2,1-4H3;5-10,20-21,27-28H,11H2,1-4H3;1,3H;1H/t27-,28-;24-,25-;20-,21-;;/m000../s1. The first-order valence-electron chi connectivity index (χ1n) is 33.1. The second-order valence-corrected chi connectivity index (χ2v) is 25.2. The van der Waals surface area contributed by atoms with Crippen LogP contribution in [0.3, 0.4) is 0 Å². The fourth-order valence-corrected chi connectivity index (χ4v) is 12.7. The molecule has 8 aromatic carbocycles. The molecule has 10 aromatic rings. The molecule has 13 rings (SSSR count). The minimum Gasteiger partial charge on any atom is -0.508 e. The molecule has 0 spiro atoms. The van der Waals surface area contributed by atoms with Crippen LogP contribution in [0.25, 0.3) is 10.4 Å². The molecule has 0 saturated carbocycles. The number of carbonyl (C=O) groups is 3. The summed E-state index contributed by atoms with van der Waals surface area (Å²) >= 11 is 0. The third-order valence-electron chi connectivity index (χ3n) is 18.9. The number of methoxy groups -OCH3 is 3. The first-order chi connectivity index (χ1) is 49.6. The van der Waals surface area contributed by atoms with E-state index in [4.69, 9.17) is 34.3 Å². The third kappa shape index (κ3) is 15.4. The second kappa shape index (κ2) is 32.4. The van der Waals surface area contributed by atoms with E-state index in [0.29, 0.717) is 47.5 Å². The zero-order valence-electron chi connectivity index (χ0n) is 59.4. The van der Waals surface area contributed by atoms with E-state index in [1.54, 1.807) is 54.5 Å². The number of rotatable bonds is 20. The van der Waals surface area contributed by atoms with Crippen LogP contribution in [0.15, 0.2) is 169 Å². The number of ether oxygens (including phenoxy) is 5. The predicted octanol–water partition coefficient (Wildman–Crippen LogP) is 13.5. The Kier molecular flexibility index (Phi) is 23.2. The van der Waals surface area contributed by atoms with E-state index in [9.17, 15) is 29.7 Å². The molecule has 2 aromatic heterocycles. The third-order valence-corrected chi connectivity index (χ3v) is 18.9. The Bertz CT molecular complexity index is 4840. The maximum absolute atomic E-state index is 13.6. The van der Waals surface area contributed by atoms with Crippen molar-refractivity contribution in [2.45, 2.75) is 125 Å². The normalized spacial score (nSPS) is 17.1. The first kappa shape index (κ1) is 73.6. The molecule has 3 saturated heterocycles. The maximum Gasteiger partial charge on any atom is 0.255 e. The average molecular weight is 1390 g/mol. The molecule has 532 valence electrons. The number of aliphatic hydroxyl groups is 3. The monoisotopic (exact) mass is 1390 g/mol. The molecule has 3 aliphatic rings. The van der Waals surface area contributed by atoms with Crippen molar-refractivity contribution in [3.8, 4) is 47.0 Å². The number of azide groups is 1. The lowest BCUT2D eigenvalue weighted by atomic mass is 9.86. The molecular weight excluding hydrogens is 1310 g/mol. The lowest BCUT2D eigenvalue weighted by Crippen LogP contribution is -2.58. The summed E-state index contributed by atoms with van der Waals surface area (Å²) in [4.78, 5) is 47.9. The van der Waals surface area contributed by atoms with Crippen LogP contribution >= 0.6 is 0 Å². The number of nitrogens with zero attached hydrogens (tertiary/aromatic N) is 12. The fourth-order valence-electron chi connectivity index (χ4n) is 12.7. The summed E-state index contributed by atoms with van der Waals surface area (Å²) in [6.07, 6.45) is 8.59. The molecular formula is C79H84N12O12. The Labute approximate surface area is 599 Å². The Morgan fingerprint density at radius 1 is 0.485 bits per heavy atom. The van der Waals surface area contributed by atoms with Gasteiger partial charge >= 0.3 is 0 Å². The van der Waals surface area contributed by atoms with Gasteiger partial charge in [0.25, 0.3) is 11.8 Å². The van der Waals surface area contributed by atoms with Gasteiger partial charge in [0.1, 0.15) is 71.2 Å². The molecule has 5 heterocycles. The number of β-lactam (4-membered cyclic amide) rings is 3. The molecule has 0 radical (unpaired) electrons. The smallest absolute Gasteiger partial charge is 0.255 e. The van der Waals surface area contributed by atoms with E-state index in [-0.39, 0.29) is 44.2 Å². The number of hydrogen-bond donors (Lipinski definition) is 4. The Morgan fingerprint density at radius 2 is 0.845 bits per heavy atom. The van der Waals surface area contributed by atoms with Crippen LogP contribution in [-0.4, -0.2) is 95.5 Å². The molecule has 0 unspecified atom stereocenters. The average Bonchev–Trinajstić information content (AvgIpc) is 1.08. The van der Waals surface area contributed by atoms with E-state index in [1.807, 2.05) is 208 Å². The summed E-state index contributed by atoms with van der Waals surface area (Å²) in [7, 11) is 4.85. The van der Waals surface area contributed by atoms with Crippen LogP contribution in [0.2, 0.25) is 0 Å². The van der Waals surface area contributed by atoms with Gasteiger partial charge in [0.15, 0.2) is 12.1 Å². The second-order valence-electron chi connectivity index (χ2n) is 25.2. The van der Waals surface area contributed by atoms with Gasteiger partial charge in [-0.3, -0.25) is 14.4 Å². The van der Waals surface area contributed by atoms with Crippen molar-refractivity contribution in [2.24, 2.45) is 5.11 Å². The molecule has 3 fully saturated rings. The number of aliphatic hydroxyl groups excluding tert-OH is 3. The molecule has 24 heteroatoms. The van der Waals surface area contributed by atoms with E-state index < -0.39 is 30.2 Å². The van der Waals surface area contributed by atoms with Crippen LogP contribution in [0.4, 0.5) is 17.1 Å². The van der Waals surface area contributed by atoms with Crippen molar-refractivity contribution in [2.75, 3.05) is 36.0 Å². The lowest BCUT2D eigenvalue weighted by molar-refractivity contribution is -0.130. The molecule has 0 bridgehead atoms. The summed E-state index contributed by atoms with van der Waals surface area (Å²) < 4.78 is 31.9. The van der Waals surface area contributed by atoms with Crippen molar-refractivity contribution >= 4 is 34.8 Å². The van der Waals surface area contributed by atoms with Crippen molar-refractivity contribution in [1.29, 1.82) is 0 Å². The molecule has 3 aliphatic heterocycles. The van der Waals surface area contributed by atoms with Crippen LogP contribution < -0.4 is 38.4 Å². The number of terminal acetylenes is 1. The highest BCUT2D eigenvalue weighted by molar-refractivity contribution is 6.07. The summed E-state index contributed by atoms with van der Waals surface area (Å²) in [6, 6.07) is 45.5. The number of aromatic nitrogens is 6. The van der Waals surface area contributed by atoms with Gasteiger partial charge in [-0.1, -0.05) is 119 Å². The number of carbonyl (C=O) groups excluding carboxylic acids is 3. The Morgan fingerprint density at radius 3 is 1.19 bits per heavy atom. The zero-order chi connectivity index (χ0) is 73.9. The Hall–Kier alpha value is -12.2. The predicted molar refractivity (Wildman–Crippen MR) is 391 cm³/mol. The van der Waals surface area contributed by atoms with E-state index in [2.05, 4.69) is 37.1 Å². The fraction of sp³-hybridized carbons (Fsp3) is 0.278. The SMILES string of the molecule is C#CO.COc1cc(N2C(=O)[C@@H](N=[N+]=[N-])[C@@H]2c2ccc(C)c(OCc3ccccc3)c2)cc(C)c1C.COc1cc(N2C(=O)[C@@H](n3cc(CO)nn3)[C@@H]2c2ccc(C)c(O)c2)cc(C)c1C.COc1cc(N2C(=O)[C@@H](n3cc(CO)nn3)[C@@H]2c2ccc(C)c(OCc3ccccc3)c2)cc(C)c1C.[HH]. The summed E-state index contributed by atoms with van der Waals surface area (Å²) in [6.45, 7) is 18.1. The number of amides is 3. The van der Waals surface area contributed by atoms with Gasteiger partial charge in [0.2, 0.25) is 5.91 Å². The highest BCUT2D eigenvalue weighted by atomic mass is 16.5. The molecule has 24 nitrogen and oxygen atoms in total. The topological polar surface area (TPSA) is 298 Å². The number of aromatic hydroxyl groups is 1. The molecule has 103 heavy (non-hydrogen) atoms. The van der Waals surface area contributed by atoms with E-state index in [1.165, 1.54) is 15.5 Å². The Balaban J connectivity index is 0.000000177. The summed E-state index contributed by atoms with van der Waals surface area (Å²) in [5.41, 5.74) is 25.6. The molecule has 3 amide bonds. The van der Waals surface area contributed by atoms with Crippen molar-refractivity contribution in [1.82, 2.24) is 30.0 Å². The molecule has 4 N–H and O–H groups in total. The van der Waals surface area contributed by atoms with Crippen LogP contribution in [-0.2, 0) is 40.8 Å². The molecule has 0 aliphatic carbocycles. The van der Waals surface area contributed by atoms with Crippen LogP contribution in [0.1, 0.15) is 121 Å². The van der Waals surface area contributed by atoms with Crippen molar-refractivity contribution < 1.29 is 59.9 Å². The van der Waals surface area contributed by atoms with E-state index >= 15 is 0 Å². The zero-order valence-corrected chi connectivity index (χ0v) is 59.4. The lowest BCUT2D eigenvalue weighted by Gasteiger charge is -2.47. The number of aryl methyl sites for hydroxylation is 6. The minimum atomic E-state index is -0.813. The molecule has 6 atom stereocenters. The highest BCUT2D eigenvalue weighted by Gasteiger charge is 2.53. The van der Waals surface area contributed by atoms with Gasteiger partial charge in [-0.05, 0) is 182 Å². The van der Waals surface area contributed by atoms with Crippen LogP contribution in [0.5, 0.6) is 34.5 Å². The first-order valence-corrected chi connectivity index (χ1v) is 33.1. The summed E-state index contributed by atoms with van der Waals surface area (Å²) in [5.74, 6) is 3.28. The minimum absolute atomic E-state index is 0.